The van der Waals surface area contributed by atoms with Crippen LogP contribution in [0.15, 0.2) is 53.9 Å². The van der Waals surface area contributed by atoms with Crippen LogP contribution in [0.1, 0.15) is 16.9 Å². The minimum Gasteiger partial charge on any atom is -0.376 e. The highest BCUT2D eigenvalue weighted by molar-refractivity contribution is 7.10. The smallest absolute Gasteiger partial charge is 0.376 e. The van der Waals surface area contributed by atoms with Crippen LogP contribution >= 0.6 is 11.3 Å². The monoisotopic (exact) mass is 326 g/mol. The van der Waals surface area contributed by atoms with E-state index < -0.39 is 24.0 Å². The van der Waals surface area contributed by atoms with Gasteiger partial charge in [-0.2, -0.15) is 13.2 Å². The molecule has 6 heteroatoms. The number of halogens is 3. The third kappa shape index (κ3) is 3.64. The number of aliphatic hydroxyl groups is 1. The molecule has 2 aromatic rings. The first-order valence-electron chi connectivity index (χ1n) is 6.42. The fourth-order valence-corrected chi connectivity index (χ4v) is 2.57. The molecule has 116 valence electrons. The zero-order valence-corrected chi connectivity index (χ0v) is 12.2. The molecule has 1 heterocycles. The summed E-state index contributed by atoms with van der Waals surface area (Å²) in [6.45, 7) is 0. The number of rotatable bonds is 5. The van der Waals surface area contributed by atoms with E-state index in [2.05, 4.69) is 0 Å². The van der Waals surface area contributed by atoms with Crippen molar-refractivity contribution in [2.75, 3.05) is 0 Å². The SMILES string of the molecule is O=C(/C=C\c1cccs1)C[C@@](O)(c1ccccc1)C(F)(F)F. The molecule has 0 aliphatic rings. The highest BCUT2D eigenvalue weighted by Crippen LogP contribution is 2.41. The van der Waals surface area contributed by atoms with Crippen LogP contribution in [0.5, 0.6) is 0 Å². The standard InChI is InChI=1S/C16H13F3O2S/c17-16(18,19)15(21,12-5-2-1-3-6-12)11-13(20)8-9-14-7-4-10-22-14/h1-10,21H,11H2/b9-8-/t15-/m1/s1. The fourth-order valence-electron chi connectivity index (χ4n) is 1.95. The molecule has 22 heavy (non-hydrogen) atoms. The Bertz CT molecular complexity index is 648. The van der Waals surface area contributed by atoms with Gasteiger partial charge in [-0.3, -0.25) is 4.79 Å². The van der Waals surface area contributed by atoms with Crippen molar-refractivity contribution in [1.29, 1.82) is 0 Å². The van der Waals surface area contributed by atoms with Crippen molar-refractivity contribution in [2.45, 2.75) is 18.2 Å². The number of allylic oxidation sites excluding steroid dienone is 1. The van der Waals surface area contributed by atoms with E-state index in [1.54, 1.807) is 23.6 Å². The minimum absolute atomic E-state index is 0.347. The van der Waals surface area contributed by atoms with E-state index in [0.717, 1.165) is 23.1 Å². The lowest BCUT2D eigenvalue weighted by molar-refractivity contribution is -0.266. The predicted octanol–water partition coefficient (Wildman–Crippen LogP) is 4.17. The largest absolute Gasteiger partial charge is 0.421 e. The lowest BCUT2D eigenvalue weighted by atomic mass is 9.88. The quantitative estimate of drug-likeness (QED) is 0.837. The third-order valence-electron chi connectivity index (χ3n) is 3.13. The van der Waals surface area contributed by atoms with Gasteiger partial charge in [0.25, 0.3) is 0 Å². The number of hydrogen-bond acceptors (Lipinski definition) is 3. The third-order valence-corrected chi connectivity index (χ3v) is 3.96. The van der Waals surface area contributed by atoms with Gasteiger partial charge in [0.05, 0.1) is 6.42 Å². The Morgan fingerprint density at radius 1 is 1.14 bits per heavy atom. The first-order chi connectivity index (χ1) is 10.3. The van der Waals surface area contributed by atoms with Crippen molar-refractivity contribution in [3.8, 4) is 0 Å². The Labute approximate surface area is 129 Å². The van der Waals surface area contributed by atoms with Crippen LogP contribution < -0.4 is 0 Å². The van der Waals surface area contributed by atoms with Crippen molar-refractivity contribution in [3.63, 3.8) is 0 Å². The number of carbonyl (C=O) groups excluding carboxylic acids is 1. The lowest BCUT2D eigenvalue weighted by Crippen LogP contribution is -2.43. The number of carbonyl (C=O) groups is 1. The van der Waals surface area contributed by atoms with Crippen LogP contribution in [0.4, 0.5) is 13.2 Å². The Morgan fingerprint density at radius 3 is 2.36 bits per heavy atom. The van der Waals surface area contributed by atoms with E-state index >= 15 is 0 Å². The van der Waals surface area contributed by atoms with Gasteiger partial charge in [-0.1, -0.05) is 36.4 Å². The first-order valence-corrected chi connectivity index (χ1v) is 7.30. The molecule has 0 fully saturated rings. The van der Waals surface area contributed by atoms with E-state index in [-0.39, 0.29) is 5.56 Å². The Kier molecular flexibility index (Phi) is 4.83. The second-order valence-electron chi connectivity index (χ2n) is 4.72. The zero-order chi connectivity index (χ0) is 16.2. The molecule has 1 N–H and O–H groups in total. The summed E-state index contributed by atoms with van der Waals surface area (Å²) in [4.78, 5) is 12.6. The number of thiophene rings is 1. The maximum absolute atomic E-state index is 13.2. The molecular formula is C16H13F3O2S. The molecule has 0 radical (unpaired) electrons. The molecule has 1 aromatic carbocycles. The van der Waals surface area contributed by atoms with Crippen LogP contribution in [0.2, 0.25) is 0 Å². The Morgan fingerprint density at radius 2 is 1.82 bits per heavy atom. The minimum atomic E-state index is -4.94. The van der Waals surface area contributed by atoms with Gasteiger partial charge in [0.2, 0.25) is 0 Å². The number of alkyl halides is 3. The van der Waals surface area contributed by atoms with Gasteiger partial charge in [0.15, 0.2) is 11.4 Å². The van der Waals surface area contributed by atoms with Crippen molar-refractivity contribution >= 4 is 23.2 Å². The summed E-state index contributed by atoms with van der Waals surface area (Å²) in [6.07, 6.45) is -3.50. The van der Waals surface area contributed by atoms with Crippen LogP contribution in [0.3, 0.4) is 0 Å². The van der Waals surface area contributed by atoms with Crippen LogP contribution in [0.25, 0.3) is 6.08 Å². The Balaban J connectivity index is 2.23. The number of ketones is 1. The van der Waals surface area contributed by atoms with Crippen molar-refractivity contribution < 1.29 is 23.1 Å². The van der Waals surface area contributed by atoms with Crippen LogP contribution in [-0.4, -0.2) is 17.1 Å². The molecule has 0 saturated heterocycles. The van der Waals surface area contributed by atoms with E-state index in [0.29, 0.717) is 0 Å². The summed E-state index contributed by atoms with van der Waals surface area (Å²) >= 11 is 1.36. The summed E-state index contributed by atoms with van der Waals surface area (Å²) in [7, 11) is 0. The van der Waals surface area contributed by atoms with E-state index in [4.69, 9.17) is 0 Å². The van der Waals surface area contributed by atoms with E-state index in [9.17, 15) is 23.1 Å². The molecule has 0 aliphatic carbocycles. The fraction of sp³-hybridized carbons (Fsp3) is 0.188. The summed E-state index contributed by atoms with van der Waals surface area (Å²) < 4.78 is 39.7. The summed E-state index contributed by atoms with van der Waals surface area (Å²) in [5.41, 5.74) is -3.54. The van der Waals surface area contributed by atoms with Crippen molar-refractivity contribution in [3.05, 3.63) is 64.4 Å². The van der Waals surface area contributed by atoms with Gasteiger partial charge >= 0.3 is 6.18 Å². The topological polar surface area (TPSA) is 37.3 Å². The molecule has 2 nitrogen and oxygen atoms in total. The molecule has 2 rings (SSSR count). The van der Waals surface area contributed by atoms with Gasteiger partial charge in [-0.15, -0.1) is 11.3 Å². The highest BCUT2D eigenvalue weighted by Gasteiger charge is 2.55. The molecule has 0 aliphatic heterocycles. The average Bonchev–Trinajstić information content (AvgIpc) is 2.98. The Hall–Kier alpha value is -1.92. The molecule has 0 amide bonds. The second-order valence-corrected chi connectivity index (χ2v) is 5.70. The normalized spacial score (nSPS) is 14.9. The van der Waals surface area contributed by atoms with Crippen molar-refractivity contribution in [1.82, 2.24) is 0 Å². The van der Waals surface area contributed by atoms with Gasteiger partial charge in [0, 0.05) is 4.88 Å². The molecule has 0 spiro atoms. The predicted molar refractivity (Wildman–Crippen MR) is 79.4 cm³/mol. The second kappa shape index (κ2) is 6.46. The molecule has 1 atom stereocenters. The molecule has 0 unspecified atom stereocenters. The molecule has 0 saturated carbocycles. The van der Waals surface area contributed by atoms with Gasteiger partial charge in [-0.05, 0) is 29.2 Å². The number of hydrogen-bond donors (Lipinski definition) is 1. The van der Waals surface area contributed by atoms with Crippen molar-refractivity contribution in [2.24, 2.45) is 0 Å². The molecular weight excluding hydrogens is 313 g/mol. The number of benzene rings is 1. The van der Waals surface area contributed by atoms with Gasteiger partial charge in [0.1, 0.15) is 0 Å². The molecule has 0 bridgehead atoms. The average molecular weight is 326 g/mol. The van der Waals surface area contributed by atoms with Gasteiger partial charge < -0.3 is 5.11 Å². The lowest BCUT2D eigenvalue weighted by Gasteiger charge is -2.30. The maximum atomic E-state index is 13.2. The summed E-state index contributed by atoms with van der Waals surface area (Å²) in [5, 5.41) is 11.9. The van der Waals surface area contributed by atoms with Gasteiger partial charge in [-0.25, -0.2) is 0 Å². The first kappa shape index (κ1) is 16.5. The zero-order valence-electron chi connectivity index (χ0n) is 11.4. The van der Waals surface area contributed by atoms with Crippen LogP contribution in [0, 0.1) is 0 Å². The summed E-state index contributed by atoms with van der Waals surface area (Å²) in [5.74, 6) is -0.794. The maximum Gasteiger partial charge on any atom is 0.421 e. The van der Waals surface area contributed by atoms with Crippen LogP contribution in [-0.2, 0) is 10.4 Å². The van der Waals surface area contributed by atoms with E-state index in [1.165, 1.54) is 29.5 Å². The van der Waals surface area contributed by atoms with E-state index in [1.807, 2.05) is 0 Å². The summed E-state index contributed by atoms with van der Waals surface area (Å²) in [6, 6.07) is 10.1. The molecule has 1 aromatic heterocycles. The highest BCUT2D eigenvalue weighted by atomic mass is 32.1.